The third kappa shape index (κ3) is 5.95. The minimum absolute atomic E-state index is 0.161. The summed E-state index contributed by atoms with van der Waals surface area (Å²) in [5, 5.41) is 11.9. The zero-order chi connectivity index (χ0) is 23.0. The molecular weight excluding hydrogens is 421 g/mol. The highest BCUT2D eigenvalue weighted by Crippen LogP contribution is 2.24. The monoisotopic (exact) mass is 445 g/mol. The van der Waals surface area contributed by atoms with Crippen LogP contribution in [0.15, 0.2) is 72.8 Å². The summed E-state index contributed by atoms with van der Waals surface area (Å²) < 4.78 is 25.1. The van der Waals surface area contributed by atoms with Crippen molar-refractivity contribution in [1.82, 2.24) is 10.2 Å². The number of amides is 1. The van der Waals surface area contributed by atoms with Gasteiger partial charge in [-0.2, -0.15) is 5.26 Å². The number of hydrogen-bond acceptors (Lipinski definition) is 5. The molecule has 0 saturated carbocycles. The number of nitrogens with one attached hydrogen (secondary N) is 1. The predicted octanol–water partition coefficient (Wildman–Crippen LogP) is 4.29. The summed E-state index contributed by atoms with van der Waals surface area (Å²) in [5.41, 5.74) is 1.82. The lowest BCUT2D eigenvalue weighted by molar-refractivity contribution is 0.0162. The van der Waals surface area contributed by atoms with Crippen LogP contribution in [0.2, 0.25) is 0 Å². The summed E-state index contributed by atoms with van der Waals surface area (Å²) in [7, 11) is 0. The molecule has 3 aromatic carbocycles. The molecule has 168 valence electrons. The summed E-state index contributed by atoms with van der Waals surface area (Å²) >= 11 is 0. The van der Waals surface area contributed by atoms with Crippen LogP contribution in [-0.2, 0) is 4.74 Å². The molecule has 1 N–H and O–H groups in total. The van der Waals surface area contributed by atoms with Crippen molar-refractivity contribution in [2.24, 2.45) is 0 Å². The highest BCUT2D eigenvalue weighted by atomic mass is 19.1. The Hall–Kier alpha value is -3.73. The molecular formula is C26H24FN3O3. The second-order valence-corrected chi connectivity index (χ2v) is 7.70. The first-order valence-electron chi connectivity index (χ1n) is 10.8. The summed E-state index contributed by atoms with van der Waals surface area (Å²) in [5.74, 6) is 0.548. The molecule has 1 amide bonds. The highest BCUT2D eigenvalue weighted by molar-refractivity contribution is 5.94. The Morgan fingerprint density at radius 3 is 2.55 bits per heavy atom. The molecule has 0 aromatic heterocycles. The Morgan fingerprint density at radius 2 is 1.82 bits per heavy atom. The standard InChI is InChI=1S/C26H24FN3O3/c27-22-5-1-3-20(15-22)25(30-11-13-32-14-12-30)18-29-26(31)21-4-2-6-24(16-21)33-23-9-7-19(17-28)8-10-23/h1-10,15-16,25H,11-14,18H2,(H,29,31). The third-order valence-electron chi connectivity index (χ3n) is 5.49. The highest BCUT2D eigenvalue weighted by Gasteiger charge is 2.24. The number of carbonyl (C=O) groups excluding carboxylic acids is 1. The van der Waals surface area contributed by atoms with Gasteiger partial charge in [0.2, 0.25) is 0 Å². The molecule has 0 radical (unpaired) electrons. The van der Waals surface area contributed by atoms with E-state index in [1.807, 2.05) is 6.07 Å². The van der Waals surface area contributed by atoms with Gasteiger partial charge in [0.25, 0.3) is 5.91 Å². The molecule has 33 heavy (non-hydrogen) atoms. The fraction of sp³-hybridized carbons (Fsp3) is 0.231. The number of halogens is 1. The Morgan fingerprint density at radius 1 is 1.06 bits per heavy atom. The van der Waals surface area contributed by atoms with E-state index in [1.54, 1.807) is 54.6 Å². The lowest BCUT2D eigenvalue weighted by Crippen LogP contribution is -2.43. The number of ether oxygens (including phenoxy) is 2. The first-order chi connectivity index (χ1) is 16.1. The zero-order valence-electron chi connectivity index (χ0n) is 18.0. The van der Waals surface area contributed by atoms with Crippen LogP contribution in [0.4, 0.5) is 4.39 Å². The average Bonchev–Trinajstić information content (AvgIpc) is 2.85. The van der Waals surface area contributed by atoms with E-state index >= 15 is 0 Å². The van der Waals surface area contributed by atoms with E-state index in [0.29, 0.717) is 55.5 Å². The van der Waals surface area contributed by atoms with Gasteiger partial charge in [-0.3, -0.25) is 9.69 Å². The summed E-state index contributed by atoms with van der Waals surface area (Å²) in [6.45, 7) is 2.97. The number of carbonyl (C=O) groups is 1. The van der Waals surface area contributed by atoms with Crippen LogP contribution in [0, 0.1) is 17.1 Å². The number of morpholine rings is 1. The van der Waals surface area contributed by atoms with Crippen LogP contribution >= 0.6 is 0 Å². The van der Waals surface area contributed by atoms with Crippen molar-refractivity contribution in [3.63, 3.8) is 0 Å². The Kier molecular flexibility index (Phi) is 7.30. The van der Waals surface area contributed by atoms with Crippen LogP contribution in [0.3, 0.4) is 0 Å². The van der Waals surface area contributed by atoms with Gasteiger partial charge < -0.3 is 14.8 Å². The van der Waals surface area contributed by atoms with E-state index in [4.69, 9.17) is 14.7 Å². The van der Waals surface area contributed by atoms with Gasteiger partial charge in [-0.1, -0.05) is 18.2 Å². The van der Waals surface area contributed by atoms with Crippen molar-refractivity contribution in [3.8, 4) is 17.6 Å². The number of rotatable bonds is 7. The van der Waals surface area contributed by atoms with Gasteiger partial charge in [0.1, 0.15) is 17.3 Å². The van der Waals surface area contributed by atoms with Gasteiger partial charge in [-0.25, -0.2) is 4.39 Å². The maximum absolute atomic E-state index is 13.9. The molecule has 0 aliphatic carbocycles. The van der Waals surface area contributed by atoms with Crippen molar-refractivity contribution in [1.29, 1.82) is 5.26 Å². The predicted molar refractivity (Wildman–Crippen MR) is 122 cm³/mol. The molecule has 0 spiro atoms. The summed E-state index contributed by atoms with van der Waals surface area (Å²) in [4.78, 5) is 15.1. The fourth-order valence-electron chi connectivity index (χ4n) is 3.79. The van der Waals surface area contributed by atoms with E-state index in [0.717, 1.165) is 5.56 Å². The SMILES string of the molecule is N#Cc1ccc(Oc2cccc(C(=O)NCC(c3cccc(F)c3)N3CCOCC3)c2)cc1. The van der Waals surface area contributed by atoms with E-state index in [1.165, 1.54) is 12.1 Å². The smallest absolute Gasteiger partial charge is 0.251 e. The Balaban J connectivity index is 1.44. The molecule has 1 unspecified atom stereocenters. The average molecular weight is 445 g/mol. The lowest BCUT2D eigenvalue weighted by atomic mass is 10.0. The van der Waals surface area contributed by atoms with Crippen molar-refractivity contribution >= 4 is 5.91 Å². The molecule has 1 saturated heterocycles. The van der Waals surface area contributed by atoms with E-state index < -0.39 is 0 Å². The maximum Gasteiger partial charge on any atom is 0.251 e. The van der Waals surface area contributed by atoms with Gasteiger partial charge >= 0.3 is 0 Å². The first-order valence-corrected chi connectivity index (χ1v) is 10.8. The van der Waals surface area contributed by atoms with Gasteiger partial charge in [0.15, 0.2) is 0 Å². The number of hydrogen-bond donors (Lipinski definition) is 1. The topological polar surface area (TPSA) is 74.6 Å². The van der Waals surface area contributed by atoms with E-state index in [-0.39, 0.29) is 17.8 Å². The van der Waals surface area contributed by atoms with Gasteiger partial charge in [-0.05, 0) is 60.2 Å². The van der Waals surface area contributed by atoms with Crippen LogP contribution in [-0.4, -0.2) is 43.7 Å². The van der Waals surface area contributed by atoms with Crippen LogP contribution in [0.1, 0.15) is 27.5 Å². The summed E-state index contributed by atoms with van der Waals surface area (Å²) in [6.07, 6.45) is 0. The Labute approximate surface area is 192 Å². The molecule has 7 heteroatoms. The molecule has 1 atom stereocenters. The summed E-state index contributed by atoms with van der Waals surface area (Å²) in [6, 6.07) is 22.0. The van der Waals surface area contributed by atoms with Crippen molar-refractivity contribution in [3.05, 3.63) is 95.3 Å². The Bertz CT molecular complexity index is 1140. The molecule has 0 bridgehead atoms. The zero-order valence-corrected chi connectivity index (χ0v) is 18.0. The molecule has 1 aliphatic rings. The third-order valence-corrected chi connectivity index (χ3v) is 5.49. The van der Waals surface area contributed by atoms with Gasteiger partial charge in [0.05, 0.1) is 30.9 Å². The quantitative estimate of drug-likeness (QED) is 0.587. The minimum Gasteiger partial charge on any atom is -0.457 e. The normalized spacial score (nSPS) is 14.8. The van der Waals surface area contributed by atoms with Crippen LogP contribution in [0.25, 0.3) is 0 Å². The van der Waals surface area contributed by atoms with Crippen molar-refractivity contribution in [2.75, 3.05) is 32.8 Å². The molecule has 1 heterocycles. The van der Waals surface area contributed by atoms with Crippen LogP contribution in [0.5, 0.6) is 11.5 Å². The molecule has 1 aliphatic heterocycles. The molecule has 6 nitrogen and oxygen atoms in total. The molecule has 1 fully saturated rings. The first kappa shape index (κ1) is 22.5. The number of benzene rings is 3. The van der Waals surface area contributed by atoms with E-state index in [2.05, 4.69) is 16.3 Å². The van der Waals surface area contributed by atoms with Gasteiger partial charge in [-0.15, -0.1) is 0 Å². The number of nitriles is 1. The van der Waals surface area contributed by atoms with Crippen molar-refractivity contribution in [2.45, 2.75) is 6.04 Å². The molecule has 3 aromatic rings. The second-order valence-electron chi connectivity index (χ2n) is 7.70. The van der Waals surface area contributed by atoms with Gasteiger partial charge in [0, 0.05) is 25.2 Å². The van der Waals surface area contributed by atoms with Crippen molar-refractivity contribution < 1.29 is 18.7 Å². The fourth-order valence-corrected chi connectivity index (χ4v) is 3.79. The minimum atomic E-state index is -0.301. The largest absolute Gasteiger partial charge is 0.457 e. The van der Waals surface area contributed by atoms with E-state index in [9.17, 15) is 9.18 Å². The molecule has 4 rings (SSSR count). The second kappa shape index (κ2) is 10.7. The number of nitrogens with zero attached hydrogens (tertiary/aromatic N) is 2. The lowest BCUT2D eigenvalue weighted by Gasteiger charge is -2.35. The van der Waals surface area contributed by atoms with Crippen LogP contribution < -0.4 is 10.1 Å². The maximum atomic E-state index is 13.9.